The summed E-state index contributed by atoms with van der Waals surface area (Å²) in [5.74, 6) is 1.18. The summed E-state index contributed by atoms with van der Waals surface area (Å²) in [5.41, 5.74) is 2.66. The van der Waals surface area contributed by atoms with E-state index >= 15 is 0 Å². The van der Waals surface area contributed by atoms with E-state index in [1.54, 1.807) is 0 Å². The largest absolute Gasteiger partial charge is 0.494 e. The van der Waals surface area contributed by atoms with Gasteiger partial charge in [0.1, 0.15) is 5.82 Å². The van der Waals surface area contributed by atoms with Gasteiger partial charge in [-0.25, -0.2) is 4.98 Å². The van der Waals surface area contributed by atoms with Crippen LogP contribution in [-0.4, -0.2) is 42.3 Å². The molecule has 0 unspecified atom stereocenters. The minimum absolute atomic E-state index is 0.254. The number of rotatable bonds is 5. The Hall–Kier alpha value is -1.15. The minimum Gasteiger partial charge on any atom is -0.414 e. The van der Waals surface area contributed by atoms with Gasteiger partial charge in [0.2, 0.25) is 0 Å². The second-order valence-corrected chi connectivity index (χ2v) is 17.7. The van der Waals surface area contributed by atoms with E-state index in [4.69, 9.17) is 18.7 Å². The molecule has 0 amide bonds. The lowest BCUT2D eigenvalue weighted by Gasteiger charge is -2.41. The van der Waals surface area contributed by atoms with Crippen LogP contribution in [0.5, 0.6) is 0 Å². The van der Waals surface area contributed by atoms with Crippen molar-refractivity contribution in [1.82, 2.24) is 9.55 Å². The predicted molar refractivity (Wildman–Crippen MR) is 144 cm³/mol. The lowest BCUT2D eigenvalue weighted by molar-refractivity contribution is 0.00578. The Morgan fingerprint density at radius 2 is 1.65 bits per heavy atom. The smallest absolute Gasteiger partial charge is 0.414 e. The molecule has 5 nitrogen and oxygen atoms in total. The zero-order valence-corrected chi connectivity index (χ0v) is 24.1. The molecule has 1 saturated carbocycles. The highest BCUT2D eigenvalue weighted by Crippen LogP contribution is 2.41. The highest BCUT2D eigenvalue weighted by Gasteiger charge is 2.51. The van der Waals surface area contributed by atoms with Crippen LogP contribution in [0.2, 0.25) is 18.1 Å². The Bertz CT molecular complexity index is 1020. The summed E-state index contributed by atoms with van der Waals surface area (Å²) in [6, 6.07) is 6.97. The average Bonchev–Trinajstić information content (AvgIpc) is 3.20. The molecule has 2 aliphatic rings. The highest BCUT2D eigenvalue weighted by molar-refractivity contribution is 6.74. The number of hydrogen-bond donors (Lipinski definition) is 0. The molecule has 2 aromatic rings. The van der Waals surface area contributed by atoms with Gasteiger partial charge in [-0.05, 0) is 89.1 Å². The molecule has 1 aliphatic carbocycles. The van der Waals surface area contributed by atoms with E-state index in [-0.39, 0.29) is 23.4 Å². The monoisotopic (exact) mass is 484 g/mol. The zero-order chi connectivity index (χ0) is 25.1. The van der Waals surface area contributed by atoms with E-state index in [2.05, 4.69) is 91.3 Å². The van der Waals surface area contributed by atoms with Crippen molar-refractivity contribution in [2.75, 3.05) is 0 Å². The van der Waals surface area contributed by atoms with Crippen molar-refractivity contribution in [1.29, 1.82) is 0 Å². The second-order valence-electron chi connectivity index (χ2n) is 12.9. The van der Waals surface area contributed by atoms with Crippen LogP contribution in [0.4, 0.5) is 0 Å². The Labute approximate surface area is 208 Å². The Morgan fingerprint density at radius 1 is 1.06 bits per heavy atom. The third-order valence-electron chi connectivity index (χ3n) is 8.90. The lowest BCUT2D eigenvalue weighted by Crippen LogP contribution is -2.44. The number of imidazole rings is 1. The molecule has 2 heterocycles. The van der Waals surface area contributed by atoms with Gasteiger partial charge in [0.05, 0.1) is 22.2 Å². The van der Waals surface area contributed by atoms with Crippen LogP contribution in [-0.2, 0) is 20.2 Å². The van der Waals surface area contributed by atoms with Gasteiger partial charge in [0.25, 0.3) is 0 Å². The van der Waals surface area contributed by atoms with Crippen LogP contribution in [0.3, 0.4) is 0 Å². The number of nitrogens with zero attached hydrogens (tertiary/aromatic N) is 2. The van der Waals surface area contributed by atoms with Crippen molar-refractivity contribution < 1.29 is 13.7 Å². The highest BCUT2D eigenvalue weighted by atomic mass is 28.4. The maximum Gasteiger partial charge on any atom is 0.494 e. The van der Waals surface area contributed by atoms with Crippen LogP contribution in [0.25, 0.3) is 11.0 Å². The third-order valence-corrected chi connectivity index (χ3v) is 13.4. The van der Waals surface area contributed by atoms with Gasteiger partial charge in [0, 0.05) is 18.6 Å². The van der Waals surface area contributed by atoms with Gasteiger partial charge in [0.15, 0.2) is 8.32 Å². The molecule has 1 aliphatic heterocycles. The molecule has 4 rings (SSSR count). The quantitative estimate of drug-likeness (QED) is 0.461. The van der Waals surface area contributed by atoms with Gasteiger partial charge in [-0.1, -0.05) is 33.8 Å². The number of benzene rings is 1. The fraction of sp³-hybridized carbons (Fsp3) is 0.741. The Morgan fingerprint density at radius 3 is 2.18 bits per heavy atom. The molecule has 1 aromatic heterocycles. The maximum absolute atomic E-state index is 6.76. The molecule has 188 valence electrons. The predicted octanol–water partition coefficient (Wildman–Crippen LogP) is 6.40. The molecule has 1 aromatic carbocycles. The first-order valence-electron chi connectivity index (χ1n) is 13.2. The summed E-state index contributed by atoms with van der Waals surface area (Å²) in [4.78, 5) is 5.00. The zero-order valence-electron chi connectivity index (χ0n) is 23.1. The van der Waals surface area contributed by atoms with Crippen LogP contribution < -0.4 is 5.46 Å². The Kier molecular flexibility index (Phi) is 6.68. The van der Waals surface area contributed by atoms with E-state index in [9.17, 15) is 0 Å². The SMILES string of the molecule is CCc1nc2ccc(B3OC(C)(C)C(C)(C)O3)cc2n1[C@H]1CC[C@H](O[Si](C)(C)C(C)(C)C)CC1. The summed E-state index contributed by atoms with van der Waals surface area (Å²) in [7, 11) is -2.09. The normalized spacial score (nSPS) is 25.3. The van der Waals surface area contributed by atoms with Crippen molar-refractivity contribution in [3.8, 4) is 0 Å². The van der Waals surface area contributed by atoms with Gasteiger partial charge in [-0.15, -0.1) is 0 Å². The van der Waals surface area contributed by atoms with Gasteiger partial charge in [-0.3, -0.25) is 0 Å². The standard InChI is InChI=1S/C27H45BN2O3Si/c1-11-24-29-22-17-12-19(28-32-26(5,6)27(7,8)33-28)18-23(22)30(24)20-13-15-21(16-14-20)31-34(9,10)25(2,3)4/h12,17-18,20-21H,11,13-16H2,1-10H3/t20-,21-. The number of aryl methyl sites for hydroxylation is 1. The van der Waals surface area contributed by atoms with Gasteiger partial charge >= 0.3 is 7.12 Å². The first kappa shape index (κ1) is 25.9. The molecule has 34 heavy (non-hydrogen) atoms. The number of hydrogen-bond acceptors (Lipinski definition) is 4. The van der Waals surface area contributed by atoms with Crippen molar-refractivity contribution in [3.63, 3.8) is 0 Å². The van der Waals surface area contributed by atoms with Gasteiger partial charge < -0.3 is 18.3 Å². The summed E-state index contributed by atoms with van der Waals surface area (Å²) in [5, 5.41) is 0.254. The molecule has 7 heteroatoms. The molecular formula is C27H45BN2O3Si. The van der Waals surface area contributed by atoms with Crippen LogP contribution >= 0.6 is 0 Å². The second kappa shape index (κ2) is 8.75. The van der Waals surface area contributed by atoms with Crippen molar-refractivity contribution in [2.24, 2.45) is 0 Å². The summed E-state index contributed by atoms with van der Waals surface area (Å²) in [6.45, 7) is 22.4. The Balaban J connectivity index is 1.57. The molecule has 0 bridgehead atoms. The van der Waals surface area contributed by atoms with Crippen molar-refractivity contribution in [2.45, 2.75) is 129 Å². The van der Waals surface area contributed by atoms with Crippen LogP contribution in [0.1, 0.15) is 92.9 Å². The minimum atomic E-state index is -1.74. The average molecular weight is 485 g/mol. The van der Waals surface area contributed by atoms with E-state index < -0.39 is 8.32 Å². The molecule has 1 saturated heterocycles. The lowest BCUT2D eigenvalue weighted by atomic mass is 9.79. The molecular weight excluding hydrogens is 439 g/mol. The summed E-state index contributed by atoms with van der Waals surface area (Å²) >= 11 is 0. The molecule has 0 spiro atoms. The topological polar surface area (TPSA) is 45.5 Å². The van der Waals surface area contributed by atoms with E-state index in [1.165, 1.54) is 11.3 Å². The van der Waals surface area contributed by atoms with Crippen molar-refractivity contribution >= 4 is 31.9 Å². The fourth-order valence-electron chi connectivity index (χ4n) is 4.96. The van der Waals surface area contributed by atoms with E-state index in [1.807, 2.05) is 0 Å². The van der Waals surface area contributed by atoms with Crippen LogP contribution in [0, 0.1) is 0 Å². The molecule has 0 N–H and O–H groups in total. The first-order chi connectivity index (χ1) is 15.6. The fourth-order valence-corrected chi connectivity index (χ4v) is 6.38. The summed E-state index contributed by atoms with van der Waals surface area (Å²) < 4.78 is 21.9. The third kappa shape index (κ3) is 4.65. The van der Waals surface area contributed by atoms with Crippen molar-refractivity contribution in [3.05, 3.63) is 24.0 Å². The van der Waals surface area contributed by atoms with E-state index in [0.717, 1.165) is 43.1 Å². The first-order valence-corrected chi connectivity index (χ1v) is 16.1. The van der Waals surface area contributed by atoms with Crippen LogP contribution in [0.15, 0.2) is 18.2 Å². The summed E-state index contributed by atoms with van der Waals surface area (Å²) in [6.07, 6.45) is 5.84. The number of aromatic nitrogens is 2. The molecule has 0 atom stereocenters. The maximum atomic E-state index is 6.76. The van der Waals surface area contributed by atoms with E-state index in [0.29, 0.717) is 12.1 Å². The van der Waals surface area contributed by atoms with Gasteiger partial charge in [-0.2, -0.15) is 0 Å². The number of fused-ring (bicyclic) bond motifs is 1. The molecule has 0 radical (unpaired) electrons. The molecule has 2 fully saturated rings.